The van der Waals surface area contributed by atoms with Gasteiger partial charge in [-0.05, 0) is 30.3 Å². The Morgan fingerprint density at radius 2 is 1.83 bits per heavy atom. The zero-order valence-corrected chi connectivity index (χ0v) is 9.15. The number of carbonyl (C=O) groups excluding carboxylic acids is 1. The van der Waals surface area contributed by atoms with Crippen molar-refractivity contribution in [1.29, 1.82) is 0 Å². The predicted molar refractivity (Wildman–Crippen MR) is 63.0 cm³/mol. The molecule has 3 N–H and O–H groups in total. The van der Waals surface area contributed by atoms with E-state index in [0.29, 0.717) is 5.69 Å². The molecular weight excluding hydrogens is 240 g/mol. The molecule has 0 saturated carbocycles. The minimum Gasteiger partial charge on any atom is -0.381 e. The first-order chi connectivity index (χ1) is 8.58. The lowest BCUT2D eigenvalue weighted by Crippen LogP contribution is -2.15. The number of benzene rings is 1. The van der Waals surface area contributed by atoms with Crippen molar-refractivity contribution in [1.82, 2.24) is 4.98 Å². The van der Waals surface area contributed by atoms with Gasteiger partial charge in [-0.15, -0.1) is 0 Å². The number of hydrogen-bond donors (Lipinski definition) is 2. The standard InChI is InChI=1S/C12H9F2N3O/c13-7-1-3-8(4-2-7)17-12(18)9-5-6-16-11(15)10(9)14/h1-6H,(H2,15,16)(H,17,18). The van der Waals surface area contributed by atoms with Gasteiger partial charge in [-0.2, -0.15) is 0 Å². The fourth-order valence-corrected chi connectivity index (χ4v) is 1.37. The highest BCUT2D eigenvalue weighted by Crippen LogP contribution is 2.15. The summed E-state index contributed by atoms with van der Waals surface area (Å²) in [6.45, 7) is 0. The lowest BCUT2D eigenvalue weighted by atomic mass is 10.2. The molecule has 1 heterocycles. The van der Waals surface area contributed by atoms with Crippen LogP contribution in [-0.2, 0) is 0 Å². The molecule has 92 valence electrons. The van der Waals surface area contributed by atoms with E-state index in [2.05, 4.69) is 10.3 Å². The molecule has 18 heavy (non-hydrogen) atoms. The zero-order valence-electron chi connectivity index (χ0n) is 9.15. The number of nitrogens with one attached hydrogen (secondary N) is 1. The fraction of sp³-hybridized carbons (Fsp3) is 0. The number of halogens is 2. The van der Waals surface area contributed by atoms with Gasteiger partial charge in [0.25, 0.3) is 5.91 Å². The smallest absolute Gasteiger partial charge is 0.258 e. The molecular formula is C12H9F2N3O. The number of carbonyl (C=O) groups is 1. The molecule has 0 spiro atoms. The van der Waals surface area contributed by atoms with E-state index >= 15 is 0 Å². The Morgan fingerprint density at radius 3 is 2.50 bits per heavy atom. The molecule has 1 aromatic heterocycles. The Morgan fingerprint density at radius 1 is 1.17 bits per heavy atom. The van der Waals surface area contributed by atoms with Crippen molar-refractivity contribution >= 4 is 17.4 Å². The summed E-state index contributed by atoms with van der Waals surface area (Å²) in [7, 11) is 0. The van der Waals surface area contributed by atoms with Crippen LogP contribution in [0.1, 0.15) is 10.4 Å². The van der Waals surface area contributed by atoms with E-state index in [9.17, 15) is 13.6 Å². The number of nitrogen functional groups attached to an aromatic ring is 1. The largest absolute Gasteiger partial charge is 0.381 e. The highest BCUT2D eigenvalue weighted by molar-refractivity contribution is 6.04. The van der Waals surface area contributed by atoms with Crippen molar-refractivity contribution in [2.45, 2.75) is 0 Å². The Hall–Kier alpha value is -2.50. The maximum absolute atomic E-state index is 13.5. The number of anilines is 2. The minimum absolute atomic E-state index is 0.216. The third kappa shape index (κ3) is 2.42. The number of aromatic nitrogens is 1. The van der Waals surface area contributed by atoms with Crippen LogP contribution in [0.5, 0.6) is 0 Å². The van der Waals surface area contributed by atoms with E-state index in [1.54, 1.807) is 0 Å². The van der Waals surface area contributed by atoms with Crippen LogP contribution in [0.2, 0.25) is 0 Å². The second-order valence-corrected chi connectivity index (χ2v) is 3.52. The van der Waals surface area contributed by atoms with E-state index in [0.717, 1.165) is 0 Å². The Bertz CT molecular complexity index is 584. The molecule has 0 unspecified atom stereocenters. The molecule has 0 fully saturated rings. The van der Waals surface area contributed by atoms with E-state index in [1.165, 1.54) is 36.5 Å². The summed E-state index contributed by atoms with van der Waals surface area (Å²) in [6, 6.07) is 6.33. The van der Waals surface area contributed by atoms with Crippen LogP contribution in [0.3, 0.4) is 0 Å². The first-order valence-electron chi connectivity index (χ1n) is 5.05. The van der Waals surface area contributed by atoms with Gasteiger partial charge in [0.05, 0.1) is 5.56 Å². The second kappa shape index (κ2) is 4.79. The molecule has 1 amide bonds. The van der Waals surface area contributed by atoms with Gasteiger partial charge in [-0.1, -0.05) is 0 Å². The molecule has 0 atom stereocenters. The Labute approximate surface area is 101 Å². The zero-order chi connectivity index (χ0) is 13.1. The number of nitrogens with zero attached hydrogens (tertiary/aromatic N) is 1. The molecule has 2 rings (SSSR count). The monoisotopic (exact) mass is 249 g/mol. The van der Waals surface area contributed by atoms with Gasteiger partial charge in [0.2, 0.25) is 0 Å². The summed E-state index contributed by atoms with van der Waals surface area (Å²) in [6.07, 6.45) is 1.23. The van der Waals surface area contributed by atoms with E-state index in [4.69, 9.17) is 5.73 Å². The van der Waals surface area contributed by atoms with Gasteiger partial charge < -0.3 is 11.1 Å². The van der Waals surface area contributed by atoms with Crippen molar-refractivity contribution in [3.63, 3.8) is 0 Å². The third-order valence-corrected chi connectivity index (χ3v) is 2.26. The highest BCUT2D eigenvalue weighted by atomic mass is 19.1. The molecule has 0 aliphatic rings. The van der Waals surface area contributed by atoms with Crippen molar-refractivity contribution < 1.29 is 13.6 Å². The number of nitrogens with two attached hydrogens (primary N) is 1. The van der Waals surface area contributed by atoms with Gasteiger partial charge in [-0.25, -0.2) is 13.8 Å². The molecule has 1 aromatic carbocycles. The SMILES string of the molecule is Nc1nccc(C(=O)Nc2ccc(F)cc2)c1F. The third-order valence-electron chi connectivity index (χ3n) is 2.26. The van der Waals surface area contributed by atoms with E-state index in [1.807, 2.05) is 0 Å². The average molecular weight is 249 g/mol. The van der Waals surface area contributed by atoms with Crippen molar-refractivity contribution in [2.24, 2.45) is 0 Å². The molecule has 0 radical (unpaired) electrons. The van der Waals surface area contributed by atoms with Gasteiger partial charge >= 0.3 is 0 Å². The van der Waals surface area contributed by atoms with E-state index in [-0.39, 0.29) is 11.4 Å². The summed E-state index contributed by atoms with van der Waals surface area (Å²) in [5.74, 6) is -2.32. The summed E-state index contributed by atoms with van der Waals surface area (Å²) >= 11 is 0. The molecule has 6 heteroatoms. The Balaban J connectivity index is 2.22. The van der Waals surface area contributed by atoms with Gasteiger partial charge in [0.15, 0.2) is 11.6 Å². The highest BCUT2D eigenvalue weighted by Gasteiger charge is 2.14. The number of hydrogen-bond acceptors (Lipinski definition) is 3. The van der Waals surface area contributed by atoms with Gasteiger partial charge in [0.1, 0.15) is 5.82 Å². The normalized spacial score (nSPS) is 10.1. The number of pyridine rings is 1. The maximum atomic E-state index is 13.5. The molecule has 0 aliphatic heterocycles. The van der Waals surface area contributed by atoms with Crippen LogP contribution in [0, 0.1) is 11.6 Å². The number of rotatable bonds is 2. The van der Waals surface area contributed by atoms with Crippen LogP contribution in [0.15, 0.2) is 36.5 Å². The first-order valence-corrected chi connectivity index (χ1v) is 5.05. The Kier molecular flexibility index (Phi) is 3.18. The number of amides is 1. The first kappa shape index (κ1) is 12.0. The van der Waals surface area contributed by atoms with Gasteiger partial charge in [-0.3, -0.25) is 4.79 Å². The summed E-state index contributed by atoms with van der Waals surface area (Å²) in [5.41, 5.74) is 5.40. The molecule has 4 nitrogen and oxygen atoms in total. The lowest BCUT2D eigenvalue weighted by molar-refractivity contribution is 0.102. The van der Waals surface area contributed by atoms with Crippen LogP contribution in [0.4, 0.5) is 20.3 Å². The van der Waals surface area contributed by atoms with Crippen molar-refractivity contribution in [3.8, 4) is 0 Å². The predicted octanol–water partition coefficient (Wildman–Crippen LogP) is 2.19. The second-order valence-electron chi connectivity index (χ2n) is 3.52. The van der Waals surface area contributed by atoms with Crippen molar-refractivity contribution in [2.75, 3.05) is 11.1 Å². The van der Waals surface area contributed by atoms with E-state index < -0.39 is 17.5 Å². The summed E-state index contributed by atoms with van der Waals surface area (Å²) in [5, 5.41) is 2.42. The minimum atomic E-state index is -0.878. The average Bonchev–Trinajstić information content (AvgIpc) is 2.35. The summed E-state index contributed by atoms with van der Waals surface area (Å²) in [4.78, 5) is 15.3. The maximum Gasteiger partial charge on any atom is 0.258 e. The topological polar surface area (TPSA) is 68.0 Å². The van der Waals surface area contributed by atoms with Crippen LogP contribution >= 0.6 is 0 Å². The summed E-state index contributed by atoms with van der Waals surface area (Å²) < 4.78 is 26.2. The van der Waals surface area contributed by atoms with Crippen LogP contribution < -0.4 is 11.1 Å². The lowest BCUT2D eigenvalue weighted by Gasteiger charge is -2.06. The molecule has 0 aliphatic carbocycles. The van der Waals surface area contributed by atoms with Crippen LogP contribution in [0.25, 0.3) is 0 Å². The molecule has 0 bridgehead atoms. The fourth-order valence-electron chi connectivity index (χ4n) is 1.37. The molecule has 0 saturated heterocycles. The van der Waals surface area contributed by atoms with Crippen LogP contribution in [-0.4, -0.2) is 10.9 Å². The van der Waals surface area contributed by atoms with Gasteiger partial charge in [0, 0.05) is 11.9 Å². The quantitative estimate of drug-likeness (QED) is 0.857. The van der Waals surface area contributed by atoms with Crippen molar-refractivity contribution in [3.05, 3.63) is 53.7 Å². The molecule has 2 aromatic rings.